The zero-order valence-electron chi connectivity index (χ0n) is 9.82. The van der Waals surface area contributed by atoms with Crippen LogP contribution in [0.3, 0.4) is 0 Å². The normalized spacial score (nSPS) is 12.4. The molecule has 0 fully saturated rings. The molecule has 0 saturated carbocycles. The molecule has 3 nitrogen and oxygen atoms in total. The Labute approximate surface area is 113 Å². The molecule has 17 heavy (non-hydrogen) atoms. The van der Waals surface area contributed by atoms with Crippen molar-refractivity contribution in [3.05, 3.63) is 22.7 Å². The predicted molar refractivity (Wildman–Crippen MR) is 72.9 cm³/mol. The molecule has 0 amide bonds. The van der Waals surface area contributed by atoms with Crippen LogP contribution in [-0.2, 0) is 10.8 Å². The Bertz CT molecular complexity index is 382. The van der Waals surface area contributed by atoms with Crippen molar-refractivity contribution < 1.29 is 14.1 Å². The van der Waals surface area contributed by atoms with Gasteiger partial charge in [-0.3, -0.25) is 4.21 Å². The molecular formula is C12H17BrO3S. The van der Waals surface area contributed by atoms with Gasteiger partial charge in [-0.1, -0.05) is 22.4 Å². The van der Waals surface area contributed by atoms with Crippen LogP contribution in [0.4, 0.5) is 0 Å². The van der Waals surface area contributed by atoms with Gasteiger partial charge >= 0.3 is 0 Å². The van der Waals surface area contributed by atoms with Gasteiger partial charge in [0.05, 0.1) is 22.8 Å². The maximum Gasteiger partial charge on any atom is 0.135 e. The first-order chi connectivity index (χ1) is 8.19. The zero-order chi connectivity index (χ0) is 12.7. The first-order valence-corrected chi connectivity index (χ1v) is 7.63. The molecule has 0 aliphatic rings. The lowest BCUT2D eigenvalue weighted by Crippen LogP contribution is -2.01. The molecule has 0 heterocycles. The minimum absolute atomic E-state index is 0.201. The molecule has 1 rings (SSSR count). The number of aliphatic hydroxyl groups is 1. The molecular weight excluding hydrogens is 304 g/mol. The molecule has 0 saturated heterocycles. The third-order valence-electron chi connectivity index (χ3n) is 2.36. The fraction of sp³-hybridized carbons (Fsp3) is 0.500. The highest BCUT2D eigenvalue weighted by Crippen LogP contribution is 2.26. The Kier molecular flexibility index (Phi) is 6.77. The number of benzene rings is 1. The average Bonchev–Trinajstić information content (AvgIpc) is 2.34. The summed E-state index contributed by atoms with van der Waals surface area (Å²) in [5.41, 5.74) is 0. The van der Waals surface area contributed by atoms with E-state index in [0.29, 0.717) is 11.5 Å². The van der Waals surface area contributed by atoms with Crippen LogP contribution in [0.15, 0.2) is 27.6 Å². The molecule has 0 aromatic heterocycles. The monoisotopic (exact) mass is 320 g/mol. The molecule has 5 heteroatoms. The van der Waals surface area contributed by atoms with Crippen LogP contribution in [0.25, 0.3) is 0 Å². The van der Waals surface area contributed by atoms with Crippen LogP contribution < -0.4 is 4.74 Å². The highest BCUT2D eigenvalue weighted by molar-refractivity contribution is 9.10. The van der Waals surface area contributed by atoms with E-state index in [1.807, 2.05) is 18.2 Å². The minimum Gasteiger partial charge on any atom is -0.495 e. The molecule has 0 bridgehead atoms. The van der Waals surface area contributed by atoms with E-state index in [1.54, 1.807) is 7.11 Å². The predicted octanol–water partition coefficient (Wildman–Crippen LogP) is 2.73. The Morgan fingerprint density at radius 2 is 2.12 bits per heavy atom. The van der Waals surface area contributed by atoms with E-state index in [0.717, 1.165) is 28.6 Å². The van der Waals surface area contributed by atoms with Crippen LogP contribution in [0.5, 0.6) is 5.75 Å². The summed E-state index contributed by atoms with van der Waals surface area (Å²) in [4.78, 5) is 0.728. The molecule has 0 spiro atoms. The third-order valence-corrected chi connectivity index (χ3v) is 4.32. The summed E-state index contributed by atoms with van der Waals surface area (Å²) in [6.07, 6.45) is 2.52. The molecule has 0 aliphatic carbocycles. The first kappa shape index (κ1) is 14.7. The number of hydrogen-bond acceptors (Lipinski definition) is 3. The Morgan fingerprint density at radius 3 is 2.76 bits per heavy atom. The molecule has 1 unspecified atom stereocenters. The molecule has 1 atom stereocenters. The van der Waals surface area contributed by atoms with Crippen LogP contribution in [0, 0.1) is 0 Å². The van der Waals surface area contributed by atoms with Gasteiger partial charge in [-0.25, -0.2) is 0 Å². The second-order valence-corrected chi connectivity index (χ2v) is 6.08. The van der Waals surface area contributed by atoms with E-state index in [-0.39, 0.29) is 6.61 Å². The molecule has 96 valence electrons. The Balaban J connectivity index is 2.64. The quantitative estimate of drug-likeness (QED) is 0.786. The van der Waals surface area contributed by atoms with E-state index in [4.69, 9.17) is 9.84 Å². The van der Waals surface area contributed by atoms with E-state index >= 15 is 0 Å². The van der Waals surface area contributed by atoms with E-state index < -0.39 is 10.8 Å². The van der Waals surface area contributed by atoms with Crippen LogP contribution in [-0.4, -0.2) is 28.8 Å². The summed E-state index contributed by atoms with van der Waals surface area (Å²) in [5, 5.41) is 8.67. The van der Waals surface area contributed by atoms with Crippen molar-refractivity contribution >= 4 is 26.7 Å². The van der Waals surface area contributed by atoms with Gasteiger partial charge in [0.25, 0.3) is 0 Å². The van der Waals surface area contributed by atoms with E-state index in [2.05, 4.69) is 15.9 Å². The highest BCUT2D eigenvalue weighted by Gasteiger charge is 2.10. The topological polar surface area (TPSA) is 46.5 Å². The van der Waals surface area contributed by atoms with Crippen molar-refractivity contribution in [2.24, 2.45) is 0 Å². The number of rotatable bonds is 7. The number of methoxy groups -OCH3 is 1. The summed E-state index contributed by atoms with van der Waals surface area (Å²) >= 11 is 3.36. The molecule has 0 aliphatic heterocycles. The van der Waals surface area contributed by atoms with Crippen molar-refractivity contribution in [2.75, 3.05) is 19.5 Å². The highest BCUT2D eigenvalue weighted by atomic mass is 79.9. The molecule has 0 radical (unpaired) electrons. The fourth-order valence-corrected chi connectivity index (χ4v) is 3.29. The summed E-state index contributed by atoms with van der Waals surface area (Å²) < 4.78 is 18.2. The lowest BCUT2D eigenvalue weighted by molar-refractivity contribution is 0.284. The lowest BCUT2D eigenvalue weighted by Gasteiger charge is -2.08. The Morgan fingerprint density at radius 1 is 1.35 bits per heavy atom. The van der Waals surface area contributed by atoms with Crippen molar-refractivity contribution in [1.82, 2.24) is 0 Å². The number of hydrogen-bond donors (Lipinski definition) is 1. The van der Waals surface area contributed by atoms with E-state index in [9.17, 15) is 4.21 Å². The largest absolute Gasteiger partial charge is 0.495 e. The summed E-state index contributed by atoms with van der Waals surface area (Å²) in [6, 6.07) is 5.51. The average molecular weight is 321 g/mol. The van der Waals surface area contributed by atoms with Gasteiger partial charge in [-0.15, -0.1) is 0 Å². The minimum atomic E-state index is -1.05. The van der Waals surface area contributed by atoms with Gasteiger partial charge in [0, 0.05) is 16.8 Å². The van der Waals surface area contributed by atoms with Crippen molar-refractivity contribution in [3.63, 3.8) is 0 Å². The standard InChI is InChI=1S/C12H17BrO3S/c1-16-11-6-5-10(13)9-12(11)17(15)8-4-2-3-7-14/h5-6,9,14H,2-4,7-8H2,1H3. The fourth-order valence-electron chi connectivity index (χ4n) is 1.46. The van der Waals surface area contributed by atoms with Crippen LogP contribution >= 0.6 is 15.9 Å². The van der Waals surface area contributed by atoms with Gasteiger partial charge < -0.3 is 9.84 Å². The number of halogens is 1. The van der Waals surface area contributed by atoms with E-state index in [1.165, 1.54) is 0 Å². The number of unbranched alkanes of at least 4 members (excludes halogenated alkanes) is 2. The smallest absolute Gasteiger partial charge is 0.135 e. The zero-order valence-corrected chi connectivity index (χ0v) is 12.2. The van der Waals surface area contributed by atoms with Crippen molar-refractivity contribution in [1.29, 1.82) is 0 Å². The van der Waals surface area contributed by atoms with Crippen LogP contribution in [0.1, 0.15) is 19.3 Å². The second kappa shape index (κ2) is 7.84. The summed E-state index contributed by atoms with van der Waals surface area (Å²) in [5.74, 6) is 1.26. The maximum absolute atomic E-state index is 12.1. The number of ether oxygens (including phenoxy) is 1. The Hall–Kier alpha value is -0.390. The van der Waals surface area contributed by atoms with Crippen LogP contribution in [0.2, 0.25) is 0 Å². The van der Waals surface area contributed by atoms with Crippen molar-refractivity contribution in [2.45, 2.75) is 24.2 Å². The van der Waals surface area contributed by atoms with Gasteiger partial charge in [0.1, 0.15) is 5.75 Å². The molecule has 1 N–H and O–H groups in total. The maximum atomic E-state index is 12.1. The lowest BCUT2D eigenvalue weighted by atomic mass is 10.3. The molecule has 1 aromatic carbocycles. The molecule has 1 aromatic rings. The van der Waals surface area contributed by atoms with Gasteiger partial charge in [0.15, 0.2) is 0 Å². The van der Waals surface area contributed by atoms with Gasteiger partial charge in [-0.05, 0) is 31.0 Å². The van der Waals surface area contributed by atoms with Crippen molar-refractivity contribution in [3.8, 4) is 5.75 Å². The first-order valence-electron chi connectivity index (χ1n) is 5.52. The number of aliphatic hydroxyl groups excluding tert-OH is 1. The third kappa shape index (κ3) is 4.77. The van der Waals surface area contributed by atoms with Gasteiger partial charge in [0.2, 0.25) is 0 Å². The second-order valence-electron chi connectivity index (χ2n) is 3.63. The SMILES string of the molecule is COc1ccc(Br)cc1S(=O)CCCCCO. The summed E-state index contributed by atoms with van der Waals surface area (Å²) in [7, 11) is 0.534. The van der Waals surface area contributed by atoms with Gasteiger partial charge in [-0.2, -0.15) is 0 Å². The summed E-state index contributed by atoms with van der Waals surface area (Å²) in [6.45, 7) is 0.201.